The van der Waals surface area contributed by atoms with Crippen molar-refractivity contribution in [2.75, 3.05) is 11.9 Å². The largest absolute Gasteiger partial charge is 0.394 e. The molecule has 1 saturated carbocycles. The van der Waals surface area contributed by atoms with E-state index in [0.717, 1.165) is 19.3 Å². The number of anilines is 1. The fourth-order valence-electron chi connectivity index (χ4n) is 3.04. The highest BCUT2D eigenvalue weighted by Gasteiger charge is 2.34. The Bertz CT molecular complexity index is 512. The van der Waals surface area contributed by atoms with E-state index in [4.69, 9.17) is 0 Å². The lowest BCUT2D eigenvalue weighted by molar-refractivity contribution is 0.149. The van der Waals surface area contributed by atoms with Gasteiger partial charge in [0.15, 0.2) is 0 Å². The van der Waals surface area contributed by atoms with Gasteiger partial charge in [-0.05, 0) is 18.8 Å². The molecule has 2 rings (SSSR count). The fourth-order valence-corrected chi connectivity index (χ4v) is 3.04. The van der Waals surface area contributed by atoms with E-state index in [1.807, 2.05) is 13.8 Å². The summed E-state index contributed by atoms with van der Waals surface area (Å²) in [5, 5.41) is 13.1. The Morgan fingerprint density at radius 2 is 2.35 bits per heavy atom. The van der Waals surface area contributed by atoms with Gasteiger partial charge in [0, 0.05) is 12.0 Å². The minimum Gasteiger partial charge on any atom is -0.394 e. The molecule has 20 heavy (non-hydrogen) atoms. The Morgan fingerprint density at radius 1 is 1.60 bits per heavy atom. The molecule has 1 heterocycles. The van der Waals surface area contributed by atoms with Gasteiger partial charge >= 0.3 is 0 Å². The Labute approximate surface area is 119 Å². The molecule has 2 unspecified atom stereocenters. The number of rotatable bonds is 4. The van der Waals surface area contributed by atoms with E-state index in [9.17, 15) is 9.90 Å². The number of nitrogens with zero attached hydrogens (tertiary/aromatic N) is 1. The van der Waals surface area contributed by atoms with Gasteiger partial charge in [0.05, 0.1) is 12.1 Å². The summed E-state index contributed by atoms with van der Waals surface area (Å²) < 4.78 is 0. The van der Waals surface area contributed by atoms with Crippen molar-refractivity contribution in [2.45, 2.75) is 57.9 Å². The topological polar surface area (TPSA) is 78.0 Å². The van der Waals surface area contributed by atoms with Crippen molar-refractivity contribution in [1.29, 1.82) is 0 Å². The highest BCUT2D eigenvalue weighted by atomic mass is 16.3. The molecule has 0 saturated heterocycles. The lowest BCUT2D eigenvalue weighted by atomic mass is 9.77. The van der Waals surface area contributed by atoms with E-state index in [0.29, 0.717) is 17.6 Å². The molecule has 1 aliphatic carbocycles. The minimum atomic E-state index is -0.341. The van der Waals surface area contributed by atoms with E-state index in [2.05, 4.69) is 22.2 Å². The van der Waals surface area contributed by atoms with E-state index >= 15 is 0 Å². The van der Waals surface area contributed by atoms with Crippen LogP contribution in [0, 0.1) is 5.92 Å². The first-order valence-corrected chi connectivity index (χ1v) is 7.44. The number of nitrogens with one attached hydrogen (secondary N) is 2. The number of hydrogen-bond acceptors (Lipinski definition) is 4. The average molecular weight is 279 g/mol. The Hall–Kier alpha value is -1.36. The molecule has 1 aliphatic rings. The van der Waals surface area contributed by atoms with Gasteiger partial charge in [0.25, 0.3) is 5.56 Å². The lowest BCUT2D eigenvalue weighted by Crippen LogP contribution is -2.46. The second kappa shape index (κ2) is 5.95. The number of hydrogen-bond donors (Lipinski definition) is 3. The van der Waals surface area contributed by atoms with Crippen LogP contribution in [-0.2, 0) is 0 Å². The van der Waals surface area contributed by atoms with Gasteiger partial charge in [-0.25, -0.2) is 4.98 Å². The van der Waals surface area contributed by atoms with Crippen molar-refractivity contribution >= 4 is 5.82 Å². The zero-order valence-corrected chi connectivity index (χ0v) is 12.6. The number of aromatic amines is 1. The fraction of sp³-hybridized carbons (Fsp3) is 0.733. The molecule has 0 spiro atoms. The van der Waals surface area contributed by atoms with Crippen molar-refractivity contribution in [2.24, 2.45) is 5.92 Å². The molecule has 0 amide bonds. The average Bonchev–Trinajstić information content (AvgIpc) is 2.38. The third-order valence-corrected chi connectivity index (χ3v) is 4.09. The van der Waals surface area contributed by atoms with Crippen molar-refractivity contribution in [3.63, 3.8) is 0 Å². The molecule has 3 N–H and O–H groups in total. The molecule has 0 radical (unpaired) electrons. The van der Waals surface area contributed by atoms with Crippen LogP contribution in [0.1, 0.15) is 58.2 Å². The van der Waals surface area contributed by atoms with Crippen molar-refractivity contribution < 1.29 is 5.11 Å². The predicted octanol–water partition coefficient (Wildman–Crippen LogP) is 2.25. The van der Waals surface area contributed by atoms with Crippen molar-refractivity contribution in [3.05, 3.63) is 22.2 Å². The van der Waals surface area contributed by atoms with Crippen LogP contribution >= 0.6 is 0 Å². The predicted molar refractivity (Wildman–Crippen MR) is 80.0 cm³/mol. The maximum atomic E-state index is 11.7. The highest BCUT2D eigenvalue weighted by molar-refractivity contribution is 5.37. The van der Waals surface area contributed by atoms with Gasteiger partial charge in [0.2, 0.25) is 0 Å². The molecule has 2 atom stereocenters. The second-order valence-electron chi connectivity index (χ2n) is 6.44. The molecular formula is C15H25N3O2. The lowest BCUT2D eigenvalue weighted by Gasteiger charge is -2.39. The van der Waals surface area contributed by atoms with Crippen LogP contribution in [0.3, 0.4) is 0 Å². The zero-order valence-electron chi connectivity index (χ0n) is 12.6. The summed E-state index contributed by atoms with van der Waals surface area (Å²) in [5.74, 6) is 1.99. The van der Waals surface area contributed by atoms with Crippen LogP contribution in [0.4, 0.5) is 5.82 Å². The van der Waals surface area contributed by atoms with E-state index in [1.54, 1.807) is 0 Å². The number of aliphatic hydroxyl groups is 1. The number of aliphatic hydroxyl groups excluding tert-OH is 1. The van der Waals surface area contributed by atoms with Gasteiger partial charge in [-0.15, -0.1) is 0 Å². The van der Waals surface area contributed by atoms with Crippen LogP contribution < -0.4 is 10.9 Å². The summed E-state index contributed by atoms with van der Waals surface area (Å²) >= 11 is 0. The first-order chi connectivity index (χ1) is 9.44. The first kappa shape index (κ1) is 15.0. The molecule has 0 bridgehead atoms. The van der Waals surface area contributed by atoms with Crippen molar-refractivity contribution in [1.82, 2.24) is 9.97 Å². The van der Waals surface area contributed by atoms with E-state index < -0.39 is 0 Å². The summed E-state index contributed by atoms with van der Waals surface area (Å²) in [6, 6.07) is 1.47. The molecule has 0 aromatic carbocycles. The molecule has 1 fully saturated rings. The Balaban J connectivity index is 2.25. The summed E-state index contributed by atoms with van der Waals surface area (Å²) in [7, 11) is 0. The zero-order chi connectivity index (χ0) is 14.8. The van der Waals surface area contributed by atoms with Crippen LogP contribution in [0.25, 0.3) is 0 Å². The van der Waals surface area contributed by atoms with Gasteiger partial charge in [0.1, 0.15) is 11.6 Å². The third-order valence-electron chi connectivity index (χ3n) is 4.09. The Kier molecular flexibility index (Phi) is 4.48. The van der Waals surface area contributed by atoms with Crippen LogP contribution in [0.5, 0.6) is 0 Å². The Morgan fingerprint density at radius 3 is 2.95 bits per heavy atom. The van der Waals surface area contributed by atoms with Gasteiger partial charge in [-0.1, -0.05) is 33.6 Å². The number of aromatic nitrogens is 2. The van der Waals surface area contributed by atoms with E-state index in [-0.39, 0.29) is 23.6 Å². The monoisotopic (exact) mass is 279 g/mol. The van der Waals surface area contributed by atoms with Gasteiger partial charge in [-0.2, -0.15) is 0 Å². The standard InChI is InChI=1S/C15H25N3O2/c1-10(2)14-16-12(7-13(20)17-14)18-15(9-19)6-4-5-11(3)8-15/h7,10-11,19H,4-6,8-9H2,1-3H3,(H2,16,17,18,20). The summed E-state index contributed by atoms with van der Waals surface area (Å²) in [4.78, 5) is 18.9. The van der Waals surface area contributed by atoms with Gasteiger partial charge < -0.3 is 15.4 Å². The smallest absolute Gasteiger partial charge is 0.252 e. The normalized spacial score (nSPS) is 26.8. The van der Waals surface area contributed by atoms with Crippen LogP contribution in [0.15, 0.2) is 10.9 Å². The minimum absolute atomic E-state index is 0.0723. The van der Waals surface area contributed by atoms with Crippen molar-refractivity contribution in [3.8, 4) is 0 Å². The molecule has 0 aliphatic heterocycles. The molecule has 1 aromatic rings. The summed E-state index contributed by atoms with van der Waals surface area (Å²) in [5.41, 5.74) is -0.490. The summed E-state index contributed by atoms with van der Waals surface area (Å²) in [6.45, 7) is 6.26. The molecule has 112 valence electrons. The van der Waals surface area contributed by atoms with Gasteiger partial charge in [-0.3, -0.25) is 4.79 Å². The highest BCUT2D eigenvalue weighted by Crippen LogP contribution is 2.34. The van der Waals surface area contributed by atoms with Crippen LogP contribution in [-0.4, -0.2) is 27.2 Å². The molecular weight excluding hydrogens is 254 g/mol. The number of H-pyrrole nitrogens is 1. The summed E-state index contributed by atoms with van der Waals surface area (Å²) in [6.07, 6.45) is 4.12. The molecule has 5 nitrogen and oxygen atoms in total. The first-order valence-electron chi connectivity index (χ1n) is 7.44. The van der Waals surface area contributed by atoms with Crippen LogP contribution in [0.2, 0.25) is 0 Å². The maximum absolute atomic E-state index is 11.7. The third kappa shape index (κ3) is 3.39. The molecule has 5 heteroatoms. The van der Waals surface area contributed by atoms with E-state index in [1.165, 1.54) is 12.5 Å². The maximum Gasteiger partial charge on any atom is 0.252 e. The second-order valence-corrected chi connectivity index (χ2v) is 6.44. The SMILES string of the molecule is CC1CCCC(CO)(Nc2cc(=O)[nH]c(C(C)C)n2)C1. The molecule has 1 aromatic heterocycles. The quantitative estimate of drug-likeness (QED) is 0.790.